The first-order valence-corrected chi connectivity index (χ1v) is 10.7. The lowest BCUT2D eigenvalue weighted by atomic mass is 9.97. The van der Waals surface area contributed by atoms with Crippen molar-refractivity contribution in [3.8, 4) is 5.75 Å². The van der Waals surface area contributed by atoms with E-state index < -0.39 is 54.0 Å². The molecule has 1 aromatic rings. The van der Waals surface area contributed by atoms with Gasteiger partial charge in [0.15, 0.2) is 0 Å². The number of phenols is 1. The number of carboxylic acid groups (broad SMARTS) is 1. The molecular formula is C22H34N4O7. The molecule has 0 aromatic heterocycles. The van der Waals surface area contributed by atoms with Gasteiger partial charge in [-0.25, -0.2) is 4.79 Å². The highest BCUT2D eigenvalue weighted by Gasteiger charge is 2.32. The molecule has 0 bridgehead atoms. The SMILES string of the molecule is CCC(C)C(NC(=O)C(C)NC(=O)C(N)C(C)O)C(=O)NC(Cc1ccc(O)cc1)C(=O)O. The number of amides is 3. The zero-order valence-electron chi connectivity index (χ0n) is 19.2. The quantitative estimate of drug-likeness (QED) is 0.209. The molecule has 0 heterocycles. The van der Waals surface area contributed by atoms with Crippen LogP contribution in [-0.4, -0.2) is 69.3 Å². The zero-order valence-corrected chi connectivity index (χ0v) is 19.2. The first-order chi connectivity index (χ1) is 15.4. The van der Waals surface area contributed by atoms with Crippen LogP contribution in [0.2, 0.25) is 0 Å². The minimum atomic E-state index is -1.26. The summed E-state index contributed by atoms with van der Waals surface area (Å²) < 4.78 is 0. The average molecular weight is 467 g/mol. The molecular weight excluding hydrogens is 432 g/mol. The third kappa shape index (κ3) is 8.70. The van der Waals surface area contributed by atoms with Gasteiger partial charge in [0.05, 0.1) is 6.10 Å². The predicted molar refractivity (Wildman–Crippen MR) is 120 cm³/mol. The summed E-state index contributed by atoms with van der Waals surface area (Å²) in [7, 11) is 0. The van der Waals surface area contributed by atoms with Crippen LogP contribution in [0.15, 0.2) is 24.3 Å². The van der Waals surface area contributed by atoms with Crippen molar-refractivity contribution in [1.82, 2.24) is 16.0 Å². The predicted octanol–water partition coefficient (Wildman–Crippen LogP) is -0.752. The summed E-state index contributed by atoms with van der Waals surface area (Å²) >= 11 is 0. The van der Waals surface area contributed by atoms with Crippen molar-refractivity contribution in [2.45, 2.75) is 70.8 Å². The molecule has 0 radical (unpaired) electrons. The van der Waals surface area contributed by atoms with Gasteiger partial charge in [-0.2, -0.15) is 0 Å². The van der Waals surface area contributed by atoms with Crippen LogP contribution in [0.5, 0.6) is 5.75 Å². The number of aliphatic hydroxyl groups is 1. The van der Waals surface area contributed by atoms with E-state index in [0.29, 0.717) is 12.0 Å². The van der Waals surface area contributed by atoms with Gasteiger partial charge in [-0.15, -0.1) is 0 Å². The number of aliphatic carboxylic acids is 1. The second-order valence-electron chi connectivity index (χ2n) is 8.14. The molecule has 0 aliphatic heterocycles. The van der Waals surface area contributed by atoms with Crippen LogP contribution in [0.4, 0.5) is 0 Å². The molecule has 6 atom stereocenters. The lowest BCUT2D eigenvalue weighted by Gasteiger charge is -2.27. The summed E-state index contributed by atoms with van der Waals surface area (Å²) in [5, 5.41) is 35.7. The maximum Gasteiger partial charge on any atom is 0.326 e. The van der Waals surface area contributed by atoms with Gasteiger partial charge in [-0.3, -0.25) is 14.4 Å². The van der Waals surface area contributed by atoms with Crippen LogP contribution in [0, 0.1) is 5.92 Å². The molecule has 11 nitrogen and oxygen atoms in total. The molecule has 3 amide bonds. The van der Waals surface area contributed by atoms with E-state index >= 15 is 0 Å². The van der Waals surface area contributed by atoms with Crippen LogP contribution in [0.25, 0.3) is 0 Å². The molecule has 11 heteroatoms. The standard InChI is InChI=1S/C22H34N4O7/c1-5-11(2)18(26-19(29)12(3)24-20(30)17(23)13(4)27)21(31)25-16(22(32)33)10-14-6-8-15(28)9-7-14/h6-9,11-13,16-18,27-28H,5,10,23H2,1-4H3,(H,24,30)(H,25,31)(H,26,29)(H,32,33). The molecule has 8 N–H and O–H groups in total. The van der Waals surface area contributed by atoms with Crippen molar-refractivity contribution in [3.63, 3.8) is 0 Å². The Labute approximate surface area is 192 Å². The molecule has 0 spiro atoms. The summed E-state index contributed by atoms with van der Waals surface area (Å²) in [5.74, 6) is -3.62. The number of hydrogen-bond acceptors (Lipinski definition) is 7. The second kappa shape index (κ2) is 12.8. The van der Waals surface area contributed by atoms with Crippen LogP contribution in [0.1, 0.15) is 39.7 Å². The van der Waals surface area contributed by atoms with Crippen molar-refractivity contribution < 1.29 is 34.5 Å². The Morgan fingerprint density at radius 1 is 0.939 bits per heavy atom. The number of aromatic hydroxyl groups is 1. The van der Waals surface area contributed by atoms with Crippen molar-refractivity contribution in [3.05, 3.63) is 29.8 Å². The highest BCUT2D eigenvalue weighted by molar-refractivity contribution is 5.94. The highest BCUT2D eigenvalue weighted by atomic mass is 16.4. The fourth-order valence-electron chi connectivity index (χ4n) is 2.90. The molecule has 6 unspecified atom stereocenters. The number of phenolic OH excluding ortho intramolecular Hbond substituents is 1. The number of rotatable bonds is 12. The van der Waals surface area contributed by atoms with Gasteiger partial charge in [0.25, 0.3) is 0 Å². The third-order valence-corrected chi connectivity index (χ3v) is 5.36. The second-order valence-corrected chi connectivity index (χ2v) is 8.14. The van der Waals surface area contributed by atoms with E-state index in [2.05, 4.69) is 16.0 Å². The van der Waals surface area contributed by atoms with Crippen molar-refractivity contribution in [2.75, 3.05) is 0 Å². The molecule has 1 aromatic carbocycles. The monoisotopic (exact) mass is 466 g/mol. The van der Waals surface area contributed by atoms with Gasteiger partial charge >= 0.3 is 5.97 Å². The van der Waals surface area contributed by atoms with Gasteiger partial charge in [-0.1, -0.05) is 32.4 Å². The minimum absolute atomic E-state index is 0.0216. The van der Waals surface area contributed by atoms with Gasteiger partial charge in [0.2, 0.25) is 17.7 Å². The molecule has 1 rings (SSSR count). The van der Waals surface area contributed by atoms with E-state index in [0.717, 1.165) is 0 Å². The first kappa shape index (κ1) is 27.9. The smallest absolute Gasteiger partial charge is 0.326 e. The molecule has 33 heavy (non-hydrogen) atoms. The topological polar surface area (TPSA) is 191 Å². The van der Waals surface area contributed by atoms with Crippen LogP contribution >= 0.6 is 0 Å². The Balaban J connectivity index is 2.89. The van der Waals surface area contributed by atoms with Crippen molar-refractivity contribution >= 4 is 23.7 Å². The van der Waals surface area contributed by atoms with E-state index in [-0.39, 0.29) is 18.1 Å². The van der Waals surface area contributed by atoms with E-state index in [1.165, 1.54) is 26.0 Å². The normalized spacial score (nSPS) is 16.4. The fourth-order valence-corrected chi connectivity index (χ4v) is 2.90. The fraction of sp³-hybridized carbons (Fsp3) is 0.545. The van der Waals surface area contributed by atoms with Crippen LogP contribution in [-0.2, 0) is 25.6 Å². The summed E-state index contributed by atoms with van der Waals surface area (Å²) in [6, 6.07) is 1.36. The third-order valence-electron chi connectivity index (χ3n) is 5.36. The van der Waals surface area contributed by atoms with Crippen LogP contribution in [0.3, 0.4) is 0 Å². The summed E-state index contributed by atoms with van der Waals surface area (Å²) in [4.78, 5) is 49.2. The number of nitrogens with one attached hydrogen (secondary N) is 3. The summed E-state index contributed by atoms with van der Waals surface area (Å²) in [6.07, 6.45) is -0.617. The van der Waals surface area contributed by atoms with Gasteiger partial charge in [-0.05, 0) is 37.5 Å². The van der Waals surface area contributed by atoms with Gasteiger partial charge in [0.1, 0.15) is 29.9 Å². The number of hydrogen-bond donors (Lipinski definition) is 7. The Bertz CT molecular complexity index is 829. The maximum atomic E-state index is 12.9. The Morgan fingerprint density at radius 2 is 1.52 bits per heavy atom. The molecule has 0 fully saturated rings. The minimum Gasteiger partial charge on any atom is -0.508 e. The lowest BCUT2D eigenvalue weighted by molar-refractivity contribution is -0.142. The summed E-state index contributed by atoms with van der Waals surface area (Å²) in [6.45, 7) is 6.29. The first-order valence-electron chi connectivity index (χ1n) is 10.7. The van der Waals surface area contributed by atoms with Crippen molar-refractivity contribution in [1.29, 1.82) is 0 Å². The Morgan fingerprint density at radius 3 is 2.00 bits per heavy atom. The lowest BCUT2D eigenvalue weighted by Crippen LogP contribution is -2.58. The van der Waals surface area contributed by atoms with Gasteiger partial charge < -0.3 is 37.0 Å². The number of nitrogens with two attached hydrogens (primary N) is 1. The van der Waals surface area contributed by atoms with E-state index in [1.54, 1.807) is 19.1 Å². The van der Waals surface area contributed by atoms with Crippen molar-refractivity contribution in [2.24, 2.45) is 11.7 Å². The number of aliphatic hydroxyl groups excluding tert-OH is 1. The molecule has 0 saturated carbocycles. The molecule has 184 valence electrons. The molecule has 0 aliphatic rings. The number of carbonyl (C=O) groups is 4. The Hall–Kier alpha value is -3.18. The van der Waals surface area contributed by atoms with E-state index in [4.69, 9.17) is 5.73 Å². The Kier molecular flexibility index (Phi) is 10.8. The van der Waals surface area contributed by atoms with Gasteiger partial charge in [0, 0.05) is 6.42 Å². The largest absolute Gasteiger partial charge is 0.508 e. The highest BCUT2D eigenvalue weighted by Crippen LogP contribution is 2.13. The number of carboxylic acids is 1. The average Bonchev–Trinajstić information content (AvgIpc) is 2.76. The van der Waals surface area contributed by atoms with Crippen LogP contribution < -0.4 is 21.7 Å². The number of carbonyl (C=O) groups excluding carboxylic acids is 3. The van der Waals surface area contributed by atoms with E-state index in [9.17, 15) is 34.5 Å². The summed E-state index contributed by atoms with van der Waals surface area (Å²) in [5.41, 5.74) is 6.15. The molecule has 0 saturated heterocycles. The maximum absolute atomic E-state index is 12.9. The van der Waals surface area contributed by atoms with E-state index in [1.807, 2.05) is 6.92 Å². The number of benzene rings is 1. The molecule has 0 aliphatic carbocycles. The zero-order chi connectivity index (χ0) is 25.3.